The van der Waals surface area contributed by atoms with Crippen LogP contribution in [0.1, 0.15) is 31.2 Å². The first-order valence-electron chi connectivity index (χ1n) is 7.39. The fourth-order valence-electron chi connectivity index (χ4n) is 2.32. The second kappa shape index (κ2) is 8.90. The third kappa shape index (κ3) is 6.36. The average Bonchev–Trinajstić information content (AvgIpc) is 3.22. The molecule has 4 nitrogen and oxygen atoms in total. The summed E-state index contributed by atoms with van der Waals surface area (Å²) in [5.74, 6) is 1.16. The lowest BCUT2D eigenvalue weighted by molar-refractivity contribution is -0.132. The van der Waals surface area contributed by atoms with Crippen molar-refractivity contribution in [3.05, 3.63) is 29.8 Å². The van der Waals surface area contributed by atoms with E-state index in [0.29, 0.717) is 18.9 Å². The Morgan fingerprint density at radius 3 is 2.81 bits per heavy atom. The van der Waals surface area contributed by atoms with E-state index in [0.717, 1.165) is 25.1 Å². The van der Waals surface area contributed by atoms with E-state index >= 15 is 0 Å². The Bertz CT molecular complexity index is 450. The second-order valence-corrected chi connectivity index (χ2v) is 5.59. The number of phenols is 1. The van der Waals surface area contributed by atoms with Gasteiger partial charge >= 0.3 is 0 Å². The molecule has 1 aromatic rings. The van der Waals surface area contributed by atoms with Crippen LogP contribution < -0.4 is 5.32 Å². The van der Waals surface area contributed by atoms with Crippen LogP contribution in [0.2, 0.25) is 0 Å². The summed E-state index contributed by atoms with van der Waals surface area (Å²) in [6, 6.07) is 7.18. The first-order chi connectivity index (χ1) is 9.69. The molecule has 118 valence electrons. The number of aromatic hydroxyl groups is 1. The molecule has 1 aliphatic carbocycles. The van der Waals surface area contributed by atoms with Crippen LogP contribution in [-0.2, 0) is 11.3 Å². The zero-order valence-corrected chi connectivity index (χ0v) is 13.4. The van der Waals surface area contributed by atoms with Gasteiger partial charge in [-0.15, -0.1) is 12.4 Å². The first-order valence-corrected chi connectivity index (χ1v) is 7.39. The van der Waals surface area contributed by atoms with Crippen LogP contribution in [0.5, 0.6) is 5.75 Å². The van der Waals surface area contributed by atoms with Gasteiger partial charge in [0.1, 0.15) is 5.75 Å². The van der Waals surface area contributed by atoms with Gasteiger partial charge in [0.15, 0.2) is 0 Å². The highest BCUT2D eigenvalue weighted by atomic mass is 35.5. The van der Waals surface area contributed by atoms with Gasteiger partial charge in [0.2, 0.25) is 5.91 Å². The summed E-state index contributed by atoms with van der Waals surface area (Å²) in [6.45, 7) is 2.33. The minimum Gasteiger partial charge on any atom is -0.508 e. The molecule has 1 aromatic carbocycles. The molecule has 0 aromatic heterocycles. The topological polar surface area (TPSA) is 52.6 Å². The largest absolute Gasteiger partial charge is 0.508 e. The molecule has 0 heterocycles. The third-order valence-corrected chi connectivity index (χ3v) is 3.63. The van der Waals surface area contributed by atoms with Gasteiger partial charge in [-0.25, -0.2) is 0 Å². The van der Waals surface area contributed by atoms with Gasteiger partial charge in [-0.05, 0) is 56.5 Å². The van der Waals surface area contributed by atoms with Gasteiger partial charge in [-0.1, -0.05) is 12.1 Å². The number of rotatable bonds is 8. The first kappa shape index (κ1) is 17.8. The minimum absolute atomic E-state index is 0. The van der Waals surface area contributed by atoms with Crippen molar-refractivity contribution in [1.29, 1.82) is 0 Å². The number of hydrogen-bond acceptors (Lipinski definition) is 3. The zero-order valence-electron chi connectivity index (χ0n) is 12.5. The molecule has 0 saturated heterocycles. The Labute approximate surface area is 132 Å². The van der Waals surface area contributed by atoms with E-state index in [1.165, 1.54) is 12.8 Å². The Morgan fingerprint density at radius 2 is 2.19 bits per heavy atom. The Kier molecular flexibility index (Phi) is 7.54. The number of halogens is 1. The van der Waals surface area contributed by atoms with Gasteiger partial charge in [0.05, 0.1) is 0 Å². The highest BCUT2D eigenvalue weighted by Gasteiger charge is 2.26. The Morgan fingerprint density at radius 1 is 1.43 bits per heavy atom. The van der Waals surface area contributed by atoms with Gasteiger partial charge in [-0.3, -0.25) is 4.79 Å². The lowest BCUT2D eigenvalue weighted by atomic mass is 10.1. The van der Waals surface area contributed by atoms with Crippen LogP contribution in [-0.4, -0.2) is 36.1 Å². The molecule has 1 amide bonds. The summed E-state index contributed by atoms with van der Waals surface area (Å²) in [7, 11) is 1.90. The molecule has 0 bridgehead atoms. The Balaban J connectivity index is 0.00000220. The summed E-state index contributed by atoms with van der Waals surface area (Å²) in [4.78, 5) is 14.3. The quantitative estimate of drug-likeness (QED) is 0.725. The summed E-state index contributed by atoms with van der Waals surface area (Å²) >= 11 is 0. The van der Waals surface area contributed by atoms with Gasteiger partial charge in [0.25, 0.3) is 0 Å². The summed E-state index contributed by atoms with van der Waals surface area (Å²) in [5, 5.41) is 12.6. The maximum Gasteiger partial charge on any atom is 0.222 e. The van der Waals surface area contributed by atoms with Crippen LogP contribution in [0, 0.1) is 5.92 Å². The third-order valence-electron chi connectivity index (χ3n) is 3.63. The lowest BCUT2D eigenvalue weighted by Gasteiger charge is -2.23. The van der Waals surface area contributed by atoms with Crippen molar-refractivity contribution in [2.45, 2.75) is 32.2 Å². The van der Waals surface area contributed by atoms with Crippen molar-refractivity contribution < 1.29 is 9.90 Å². The Hall–Kier alpha value is -1.26. The van der Waals surface area contributed by atoms with Crippen molar-refractivity contribution in [2.24, 2.45) is 5.92 Å². The number of phenolic OH excluding ortho intramolecular Hbond substituents is 1. The number of carbonyl (C=O) groups excluding carboxylic acids is 1. The van der Waals surface area contributed by atoms with Gasteiger partial charge in [0, 0.05) is 19.5 Å². The van der Waals surface area contributed by atoms with Crippen LogP contribution in [0.15, 0.2) is 24.3 Å². The summed E-state index contributed by atoms with van der Waals surface area (Å²) in [6.07, 6.45) is 3.93. The van der Waals surface area contributed by atoms with Crippen LogP contribution in [0.3, 0.4) is 0 Å². The van der Waals surface area contributed by atoms with Gasteiger partial charge < -0.3 is 15.3 Å². The number of amides is 1. The molecule has 0 atom stereocenters. The van der Waals surface area contributed by atoms with E-state index in [4.69, 9.17) is 0 Å². The average molecular weight is 313 g/mol. The lowest BCUT2D eigenvalue weighted by Crippen LogP contribution is -2.32. The van der Waals surface area contributed by atoms with E-state index in [9.17, 15) is 9.90 Å². The fourth-order valence-corrected chi connectivity index (χ4v) is 2.32. The molecule has 2 N–H and O–H groups in total. The molecule has 0 radical (unpaired) electrons. The second-order valence-electron chi connectivity index (χ2n) is 5.59. The number of nitrogens with zero attached hydrogens (tertiary/aromatic N) is 1. The molecule has 0 spiro atoms. The maximum absolute atomic E-state index is 12.3. The van der Waals surface area contributed by atoms with Crippen LogP contribution in [0.25, 0.3) is 0 Å². The van der Waals surface area contributed by atoms with E-state index in [-0.39, 0.29) is 24.1 Å². The van der Waals surface area contributed by atoms with Crippen molar-refractivity contribution in [2.75, 3.05) is 20.1 Å². The molecule has 1 fully saturated rings. The fraction of sp³-hybridized carbons (Fsp3) is 0.562. The smallest absolute Gasteiger partial charge is 0.222 e. The van der Waals surface area contributed by atoms with E-state index in [1.807, 2.05) is 24.1 Å². The number of carbonyl (C=O) groups is 1. The summed E-state index contributed by atoms with van der Waals surface area (Å²) < 4.78 is 0. The van der Waals surface area contributed by atoms with Crippen molar-refractivity contribution in [3.8, 4) is 5.75 Å². The van der Waals surface area contributed by atoms with E-state index < -0.39 is 0 Å². The molecule has 0 unspecified atom stereocenters. The van der Waals surface area contributed by atoms with Crippen LogP contribution >= 0.6 is 12.4 Å². The highest BCUT2D eigenvalue weighted by Crippen LogP contribution is 2.30. The normalized spacial score (nSPS) is 13.6. The molecule has 1 saturated carbocycles. The molecule has 2 rings (SSSR count). The standard InChI is InChI=1S/C16H24N2O2.ClH/c1-17-9-3-6-16(20)18(11-13-7-8-13)12-14-4-2-5-15(19)10-14;/h2,4-5,10,13,17,19H,3,6-9,11-12H2,1H3;1H. The van der Waals surface area contributed by atoms with Crippen LogP contribution in [0.4, 0.5) is 0 Å². The zero-order chi connectivity index (χ0) is 14.4. The van der Waals surface area contributed by atoms with Crippen molar-refractivity contribution in [1.82, 2.24) is 10.2 Å². The molecular formula is C16H25ClN2O2. The van der Waals surface area contributed by atoms with Crippen molar-refractivity contribution >= 4 is 18.3 Å². The molecule has 0 aliphatic heterocycles. The molecule has 1 aliphatic rings. The molecule has 5 heteroatoms. The minimum atomic E-state index is 0. The maximum atomic E-state index is 12.3. The predicted octanol–water partition coefficient (Wildman–Crippen LogP) is 2.55. The molecular weight excluding hydrogens is 288 g/mol. The highest BCUT2D eigenvalue weighted by molar-refractivity contribution is 5.85. The molecule has 21 heavy (non-hydrogen) atoms. The van der Waals surface area contributed by atoms with Gasteiger partial charge in [-0.2, -0.15) is 0 Å². The monoisotopic (exact) mass is 312 g/mol. The van der Waals surface area contributed by atoms with E-state index in [2.05, 4.69) is 5.32 Å². The predicted molar refractivity (Wildman–Crippen MR) is 86.7 cm³/mol. The summed E-state index contributed by atoms with van der Waals surface area (Å²) in [5.41, 5.74) is 0.993. The number of nitrogens with one attached hydrogen (secondary N) is 1. The van der Waals surface area contributed by atoms with E-state index in [1.54, 1.807) is 12.1 Å². The number of benzene rings is 1. The van der Waals surface area contributed by atoms with Crippen molar-refractivity contribution in [3.63, 3.8) is 0 Å². The number of hydrogen-bond donors (Lipinski definition) is 2. The SMILES string of the molecule is CNCCCC(=O)N(Cc1cccc(O)c1)CC1CC1.Cl.